The molecule has 0 aliphatic rings. The molecular formula is C8H11BrMgO. The van der Waals surface area contributed by atoms with Crippen LogP contribution in [0.4, 0.5) is 0 Å². The Kier molecular flexibility index (Phi) is 6.00. The van der Waals surface area contributed by atoms with Gasteiger partial charge < -0.3 is 7.59 Å². The maximum atomic E-state index is 5.24. The third-order valence-corrected chi connectivity index (χ3v) is 1.65. The summed E-state index contributed by atoms with van der Waals surface area (Å²) in [6.07, 6.45) is 0. The summed E-state index contributed by atoms with van der Waals surface area (Å²) in [4.78, 5) is 0. The van der Waals surface area contributed by atoms with E-state index in [0.717, 1.165) is 16.8 Å². The summed E-state index contributed by atoms with van der Waals surface area (Å²) in [7, 11) is 0. The molecule has 0 saturated heterocycles. The molecule has 0 saturated carbocycles. The Morgan fingerprint density at radius 1 is 1.36 bits per heavy atom. The van der Waals surface area contributed by atoms with Crippen molar-refractivity contribution in [2.45, 2.75) is 6.92 Å². The van der Waals surface area contributed by atoms with Crippen LogP contribution >= 0.6 is 15.9 Å². The number of ether oxygens (including phenoxy) is 1. The summed E-state index contributed by atoms with van der Waals surface area (Å²) in [6, 6.07) is 7.80. The van der Waals surface area contributed by atoms with Gasteiger partial charge in [-0.05, 0) is 31.2 Å². The Hall–Kier alpha value is 0.266. The molecule has 0 atom stereocenters. The first kappa shape index (κ1) is 11.3. The maximum Gasteiger partial charge on any atom is 2.00 e. The zero-order valence-corrected chi connectivity index (χ0v) is 9.51. The first-order valence-electron chi connectivity index (χ1n) is 3.21. The van der Waals surface area contributed by atoms with E-state index in [1.54, 1.807) is 0 Å². The van der Waals surface area contributed by atoms with Crippen molar-refractivity contribution < 1.29 is 7.59 Å². The average molecular weight is 227 g/mol. The number of rotatable bonds is 2. The molecule has 0 radical (unpaired) electrons. The number of halogens is 1. The molecule has 1 nitrogen and oxygen atoms in total. The summed E-state index contributed by atoms with van der Waals surface area (Å²) in [5, 5.41) is 0. The van der Waals surface area contributed by atoms with E-state index >= 15 is 0 Å². The fraction of sp³-hybridized carbons (Fsp3) is 0.250. The molecule has 0 bridgehead atoms. The molecule has 0 fully saturated rings. The molecule has 0 spiro atoms. The van der Waals surface area contributed by atoms with Crippen LogP contribution in [0.15, 0.2) is 28.7 Å². The maximum absolute atomic E-state index is 5.24. The molecular weight excluding hydrogens is 216 g/mol. The standard InChI is InChI=1S/C8H9BrO.Mg.2H/c1-2-10-8-5-3-7(9)4-6-8;;;/h3-6H,2H2,1H3;;;/q;+2;2*-1. The first-order valence-corrected chi connectivity index (χ1v) is 4.00. The molecule has 1 aromatic rings. The number of benzene rings is 1. The average Bonchev–Trinajstić information content (AvgIpc) is 1.95. The van der Waals surface area contributed by atoms with Crippen LogP contribution in [0.1, 0.15) is 9.78 Å². The van der Waals surface area contributed by atoms with Gasteiger partial charge >= 0.3 is 23.1 Å². The predicted molar refractivity (Wildman–Crippen MR) is 53.3 cm³/mol. The Morgan fingerprint density at radius 3 is 2.36 bits per heavy atom. The normalized spacial score (nSPS) is 8.55. The van der Waals surface area contributed by atoms with Crippen LogP contribution in [0.2, 0.25) is 0 Å². The second kappa shape index (κ2) is 5.86. The van der Waals surface area contributed by atoms with Gasteiger partial charge in [-0.2, -0.15) is 0 Å². The molecule has 11 heavy (non-hydrogen) atoms. The fourth-order valence-corrected chi connectivity index (χ4v) is 0.962. The van der Waals surface area contributed by atoms with E-state index in [9.17, 15) is 0 Å². The second-order valence-corrected chi connectivity index (χ2v) is 2.80. The van der Waals surface area contributed by atoms with Crippen molar-refractivity contribution in [1.82, 2.24) is 0 Å². The van der Waals surface area contributed by atoms with E-state index in [0.29, 0.717) is 0 Å². The van der Waals surface area contributed by atoms with Crippen LogP contribution in [0.3, 0.4) is 0 Å². The van der Waals surface area contributed by atoms with Crippen LogP contribution in [-0.4, -0.2) is 29.7 Å². The van der Waals surface area contributed by atoms with Crippen LogP contribution in [0, 0.1) is 0 Å². The molecule has 0 amide bonds. The predicted octanol–water partition coefficient (Wildman–Crippen LogP) is 2.69. The van der Waals surface area contributed by atoms with Gasteiger partial charge in [-0.3, -0.25) is 0 Å². The van der Waals surface area contributed by atoms with Crippen LogP contribution in [0.25, 0.3) is 0 Å². The van der Waals surface area contributed by atoms with Crippen molar-refractivity contribution in [2.24, 2.45) is 0 Å². The summed E-state index contributed by atoms with van der Waals surface area (Å²) < 4.78 is 6.32. The minimum Gasteiger partial charge on any atom is -1.00 e. The van der Waals surface area contributed by atoms with Crippen molar-refractivity contribution in [3.05, 3.63) is 28.7 Å². The van der Waals surface area contributed by atoms with Gasteiger partial charge in [0, 0.05) is 4.47 Å². The van der Waals surface area contributed by atoms with Gasteiger partial charge in [0.05, 0.1) is 6.61 Å². The Morgan fingerprint density at radius 2 is 1.91 bits per heavy atom. The van der Waals surface area contributed by atoms with E-state index in [1.165, 1.54) is 0 Å². The zero-order valence-electron chi connectivity index (χ0n) is 8.51. The molecule has 0 heterocycles. The topological polar surface area (TPSA) is 9.23 Å². The molecule has 1 aromatic carbocycles. The van der Waals surface area contributed by atoms with E-state index in [2.05, 4.69) is 15.9 Å². The quantitative estimate of drug-likeness (QED) is 0.706. The van der Waals surface area contributed by atoms with Crippen molar-refractivity contribution in [1.29, 1.82) is 0 Å². The van der Waals surface area contributed by atoms with Gasteiger partial charge in [0.2, 0.25) is 0 Å². The van der Waals surface area contributed by atoms with E-state index < -0.39 is 0 Å². The molecule has 0 unspecified atom stereocenters. The Labute approximate surface area is 94.4 Å². The third-order valence-electron chi connectivity index (χ3n) is 1.12. The third kappa shape index (κ3) is 3.99. The molecule has 1 rings (SSSR count). The van der Waals surface area contributed by atoms with Gasteiger partial charge in [-0.1, -0.05) is 15.9 Å². The van der Waals surface area contributed by atoms with Crippen molar-refractivity contribution >= 4 is 39.0 Å². The SMILES string of the molecule is CCOc1ccc(Br)cc1.[H-].[H-].[Mg+2]. The van der Waals surface area contributed by atoms with Crippen molar-refractivity contribution in [3.63, 3.8) is 0 Å². The van der Waals surface area contributed by atoms with Crippen molar-refractivity contribution in [3.8, 4) is 5.75 Å². The molecule has 0 aliphatic heterocycles. The van der Waals surface area contributed by atoms with Crippen LogP contribution in [0.5, 0.6) is 5.75 Å². The van der Waals surface area contributed by atoms with Crippen molar-refractivity contribution in [2.75, 3.05) is 6.61 Å². The van der Waals surface area contributed by atoms with E-state index in [-0.39, 0.29) is 25.9 Å². The largest absolute Gasteiger partial charge is 2.00 e. The first-order chi connectivity index (χ1) is 4.83. The summed E-state index contributed by atoms with van der Waals surface area (Å²) in [6.45, 7) is 2.70. The van der Waals surface area contributed by atoms with E-state index in [4.69, 9.17) is 4.74 Å². The monoisotopic (exact) mass is 226 g/mol. The second-order valence-electron chi connectivity index (χ2n) is 1.89. The van der Waals surface area contributed by atoms with Gasteiger partial charge in [0.1, 0.15) is 5.75 Å². The van der Waals surface area contributed by atoms with E-state index in [1.807, 2.05) is 31.2 Å². The van der Waals surface area contributed by atoms with Gasteiger partial charge in [-0.25, -0.2) is 0 Å². The number of hydrogen-bond acceptors (Lipinski definition) is 1. The zero-order chi connectivity index (χ0) is 7.40. The smallest absolute Gasteiger partial charge is 1.00 e. The Balaban J connectivity index is -0.000000333. The van der Waals surface area contributed by atoms with Crippen LogP contribution < -0.4 is 4.74 Å². The Bertz CT molecular complexity index is 206. The summed E-state index contributed by atoms with van der Waals surface area (Å²) >= 11 is 3.34. The molecule has 0 aromatic heterocycles. The van der Waals surface area contributed by atoms with Gasteiger partial charge in [0.15, 0.2) is 0 Å². The summed E-state index contributed by atoms with van der Waals surface area (Å²) in [5.74, 6) is 0.922. The van der Waals surface area contributed by atoms with Gasteiger partial charge in [0.25, 0.3) is 0 Å². The minimum absolute atomic E-state index is 0. The van der Waals surface area contributed by atoms with Gasteiger partial charge in [-0.15, -0.1) is 0 Å². The summed E-state index contributed by atoms with van der Waals surface area (Å²) in [5.41, 5.74) is 0. The molecule has 3 heteroatoms. The molecule has 0 aliphatic carbocycles. The minimum atomic E-state index is 0. The molecule has 58 valence electrons. The number of hydrogen-bond donors (Lipinski definition) is 0. The van der Waals surface area contributed by atoms with Crippen LogP contribution in [-0.2, 0) is 0 Å². The molecule has 0 N–H and O–H groups in total. The fourth-order valence-electron chi connectivity index (χ4n) is 0.697.